The molecule has 0 spiro atoms. The van der Waals surface area contributed by atoms with Crippen LogP contribution in [0.15, 0.2) is 6.20 Å². The van der Waals surface area contributed by atoms with Crippen molar-refractivity contribution in [3.63, 3.8) is 0 Å². The number of nitrogens with zero attached hydrogens (tertiary/aromatic N) is 3. The summed E-state index contributed by atoms with van der Waals surface area (Å²) in [5.74, 6) is 0.950. The Morgan fingerprint density at radius 3 is 2.67 bits per heavy atom. The van der Waals surface area contributed by atoms with Gasteiger partial charge >= 0.3 is 0 Å². The predicted molar refractivity (Wildman–Crippen MR) is 48.7 cm³/mol. The maximum Gasteiger partial charge on any atom is 0.170 e. The van der Waals surface area contributed by atoms with Crippen molar-refractivity contribution in [2.24, 2.45) is 0 Å². The normalized spacial score (nSPS) is 17.2. The van der Waals surface area contributed by atoms with Crippen LogP contribution in [-0.2, 0) is 0 Å². The lowest BCUT2D eigenvalue weighted by atomic mass is 10.4. The number of aromatic nitrogens is 3. The molecule has 2 rings (SSSR count). The van der Waals surface area contributed by atoms with Gasteiger partial charge in [-0.1, -0.05) is 5.21 Å². The largest absolute Gasteiger partial charge is 0.351 e. The second kappa shape index (κ2) is 4.27. The Morgan fingerprint density at radius 1 is 1.33 bits per heavy atom. The van der Waals surface area contributed by atoms with Gasteiger partial charge in [-0.05, 0) is 0 Å². The van der Waals surface area contributed by atoms with E-state index >= 15 is 0 Å². The lowest BCUT2D eigenvalue weighted by molar-refractivity contribution is 0.584. The molecule has 0 unspecified atom stereocenters. The van der Waals surface area contributed by atoms with Crippen LogP contribution in [0.2, 0.25) is 0 Å². The van der Waals surface area contributed by atoms with Gasteiger partial charge in [-0.25, -0.2) is 0 Å². The van der Waals surface area contributed by atoms with Crippen LogP contribution in [0.5, 0.6) is 0 Å². The van der Waals surface area contributed by atoms with Gasteiger partial charge < -0.3 is 10.2 Å². The molecule has 6 heteroatoms. The summed E-state index contributed by atoms with van der Waals surface area (Å²) in [5, 5.41) is 13.6. The van der Waals surface area contributed by atoms with E-state index in [2.05, 4.69) is 25.6 Å². The zero-order chi connectivity index (χ0) is 7.52. The molecule has 1 aliphatic heterocycles. The Hall–Kier alpha value is -0.810. The molecule has 5 nitrogen and oxygen atoms in total. The van der Waals surface area contributed by atoms with Gasteiger partial charge in [-0.2, -0.15) is 0 Å². The second-order valence-electron chi connectivity index (χ2n) is 2.57. The molecule has 0 aromatic carbocycles. The van der Waals surface area contributed by atoms with E-state index in [1.54, 1.807) is 0 Å². The van der Waals surface area contributed by atoms with Gasteiger partial charge in [0.2, 0.25) is 0 Å². The van der Waals surface area contributed by atoms with Crippen LogP contribution in [-0.4, -0.2) is 41.6 Å². The van der Waals surface area contributed by atoms with E-state index < -0.39 is 0 Å². The molecule has 68 valence electrons. The highest BCUT2D eigenvalue weighted by Gasteiger charge is 2.11. The highest BCUT2D eigenvalue weighted by molar-refractivity contribution is 5.85. The Labute approximate surface area is 76.9 Å². The lowest BCUT2D eigenvalue weighted by Gasteiger charge is -2.26. The zero-order valence-electron chi connectivity index (χ0n) is 6.66. The van der Waals surface area contributed by atoms with Gasteiger partial charge in [0.25, 0.3) is 0 Å². The van der Waals surface area contributed by atoms with Crippen molar-refractivity contribution < 1.29 is 0 Å². The average Bonchev–Trinajstić information content (AvgIpc) is 2.58. The molecule has 2 N–H and O–H groups in total. The minimum absolute atomic E-state index is 0. The van der Waals surface area contributed by atoms with E-state index in [0.717, 1.165) is 32.0 Å². The first kappa shape index (κ1) is 9.28. The minimum Gasteiger partial charge on any atom is -0.351 e. The minimum atomic E-state index is 0. The molecule has 1 aromatic heterocycles. The van der Waals surface area contributed by atoms with Crippen LogP contribution in [0.3, 0.4) is 0 Å². The quantitative estimate of drug-likeness (QED) is 0.634. The van der Waals surface area contributed by atoms with Crippen molar-refractivity contribution in [2.45, 2.75) is 0 Å². The van der Waals surface area contributed by atoms with Crippen LogP contribution < -0.4 is 10.2 Å². The fraction of sp³-hybridized carbons (Fsp3) is 0.667. The zero-order valence-corrected chi connectivity index (χ0v) is 7.47. The maximum atomic E-state index is 3.93. The monoisotopic (exact) mass is 189 g/mol. The lowest BCUT2D eigenvalue weighted by Crippen LogP contribution is -2.43. The summed E-state index contributed by atoms with van der Waals surface area (Å²) in [6, 6.07) is 0. The van der Waals surface area contributed by atoms with Crippen LogP contribution in [0.4, 0.5) is 5.82 Å². The summed E-state index contributed by atoms with van der Waals surface area (Å²) in [4.78, 5) is 2.21. The fourth-order valence-electron chi connectivity index (χ4n) is 1.24. The van der Waals surface area contributed by atoms with Crippen LogP contribution >= 0.6 is 12.4 Å². The molecular formula is C6H12ClN5. The maximum absolute atomic E-state index is 3.93. The highest BCUT2D eigenvalue weighted by atomic mass is 35.5. The number of hydrogen-bond donors (Lipinski definition) is 2. The molecule has 0 aliphatic carbocycles. The Morgan fingerprint density at radius 2 is 2.08 bits per heavy atom. The predicted octanol–water partition coefficient (Wildman–Crippen LogP) is -0.364. The average molecular weight is 190 g/mol. The van der Waals surface area contributed by atoms with Gasteiger partial charge in [-0.3, -0.25) is 5.10 Å². The van der Waals surface area contributed by atoms with Gasteiger partial charge in [0.05, 0.1) is 6.20 Å². The standard InChI is InChI=1S/C6H11N5.ClH/c1-3-11(4-2-7-1)6-5-8-10-9-6;/h5,7H,1-4H2,(H,8,9,10);1H. The van der Waals surface area contributed by atoms with E-state index in [0.29, 0.717) is 0 Å². The van der Waals surface area contributed by atoms with E-state index in [4.69, 9.17) is 0 Å². The number of piperazine rings is 1. The molecule has 12 heavy (non-hydrogen) atoms. The van der Waals surface area contributed by atoms with Crippen molar-refractivity contribution in [3.05, 3.63) is 6.20 Å². The molecule has 0 radical (unpaired) electrons. The van der Waals surface area contributed by atoms with Gasteiger partial charge in [0, 0.05) is 26.2 Å². The number of rotatable bonds is 1. The number of H-pyrrole nitrogens is 1. The number of nitrogens with one attached hydrogen (secondary N) is 2. The molecule has 1 fully saturated rings. The van der Waals surface area contributed by atoms with Crippen molar-refractivity contribution in [2.75, 3.05) is 31.1 Å². The summed E-state index contributed by atoms with van der Waals surface area (Å²) in [6.07, 6.45) is 1.82. The second-order valence-corrected chi connectivity index (χ2v) is 2.57. The fourth-order valence-corrected chi connectivity index (χ4v) is 1.24. The number of hydrogen-bond acceptors (Lipinski definition) is 4. The van der Waals surface area contributed by atoms with E-state index in [9.17, 15) is 0 Å². The Kier molecular flexibility index (Phi) is 3.31. The first-order valence-electron chi connectivity index (χ1n) is 3.79. The Bertz CT molecular complexity index is 206. The molecule has 0 saturated carbocycles. The van der Waals surface area contributed by atoms with Crippen LogP contribution in [0.25, 0.3) is 0 Å². The summed E-state index contributed by atoms with van der Waals surface area (Å²) >= 11 is 0. The molecule has 0 bridgehead atoms. The van der Waals surface area contributed by atoms with E-state index in [1.165, 1.54) is 0 Å². The van der Waals surface area contributed by atoms with Gasteiger partial charge in [-0.15, -0.1) is 17.5 Å². The summed E-state index contributed by atoms with van der Waals surface area (Å²) < 4.78 is 0. The van der Waals surface area contributed by atoms with Crippen molar-refractivity contribution in [3.8, 4) is 0 Å². The molecule has 1 aliphatic rings. The van der Waals surface area contributed by atoms with Crippen molar-refractivity contribution >= 4 is 18.2 Å². The first-order chi connectivity index (χ1) is 5.47. The first-order valence-corrected chi connectivity index (χ1v) is 3.79. The third kappa shape index (κ3) is 1.86. The SMILES string of the molecule is Cl.c1[nH]nnc1N1CCNCC1. The van der Waals surface area contributed by atoms with Crippen LogP contribution in [0, 0.1) is 0 Å². The summed E-state index contributed by atoms with van der Waals surface area (Å²) in [7, 11) is 0. The third-order valence-corrected chi connectivity index (χ3v) is 1.84. The molecular weight excluding hydrogens is 178 g/mol. The smallest absolute Gasteiger partial charge is 0.170 e. The van der Waals surface area contributed by atoms with Gasteiger partial charge in [0.1, 0.15) is 0 Å². The summed E-state index contributed by atoms with van der Waals surface area (Å²) in [5.41, 5.74) is 0. The molecule has 1 saturated heterocycles. The van der Waals surface area contributed by atoms with E-state index in [-0.39, 0.29) is 12.4 Å². The number of anilines is 1. The highest BCUT2D eigenvalue weighted by Crippen LogP contribution is 2.06. The number of aromatic amines is 1. The third-order valence-electron chi connectivity index (χ3n) is 1.84. The molecule has 2 heterocycles. The van der Waals surface area contributed by atoms with Gasteiger partial charge in [0.15, 0.2) is 5.82 Å². The topological polar surface area (TPSA) is 56.8 Å². The molecule has 0 amide bonds. The van der Waals surface area contributed by atoms with E-state index in [1.807, 2.05) is 6.20 Å². The number of halogens is 1. The Balaban J connectivity index is 0.000000720. The van der Waals surface area contributed by atoms with Crippen molar-refractivity contribution in [1.29, 1.82) is 0 Å². The summed E-state index contributed by atoms with van der Waals surface area (Å²) in [6.45, 7) is 4.11. The molecule has 1 aromatic rings. The van der Waals surface area contributed by atoms with Crippen LogP contribution in [0.1, 0.15) is 0 Å². The van der Waals surface area contributed by atoms with Crippen molar-refractivity contribution in [1.82, 2.24) is 20.7 Å². The molecule has 0 atom stereocenters.